The maximum absolute atomic E-state index is 2.51. The molecule has 0 bridgehead atoms. The molecule has 0 spiro atoms. The Morgan fingerprint density at radius 1 is 0.262 bits per heavy atom. The Morgan fingerprint density at radius 3 is 1.63 bits per heavy atom. The Kier molecular flexibility index (Phi) is 7.78. The lowest BCUT2D eigenvalue weighted by molar-refractivity contribution is 1.02. The van der Waals surface area contributed by atoms with Gasteiger partial charge in [-0.05, 0) is 138 Å². The Hall–Kier alpha value is -8.46. The van der Waals surface area contributed by atoms with Crippen LogP contribution in [0.25, 0.3) is 110 Å². The highest BCUT2D eigenvalue weighted by Crippen LogP contribution is 2.51. The molecule has 65 heavy (non-hydrogen) atoms. The summed E-state index contributed by atoms with van der Waals surface area (Å²) in [6.07, 6.45) is 0. The van der Waals surface area contributed by atoms with Crippen molar-refractivity contribution in [1.29, 1.82) is 0 Å². The molecule has 2 nitrogen and oxygen atoms in total. The molecule has 2 heterocycles. The number of para-hydroxylation sites is 1. The highest BCUT2D eigenvalue weighted by atomic mass is 15.0. The van der Waals surface area contributed by atoms with E-state index in [0.717, 1.165) is 5.69 Å². The maximum atomic E-state index is 2.51. The molecule has 0 saturated heterocycles. The summed E-state index contributed by atoms with van der Waals surface area (Å²) in [6.45, 7) is 0. The predicted octanol–water partition coefficient (Wildman–Crippen LogP) is 16.7. The van der Waals surface area contributed by atoms with Crippen LogP contribution in [0.15, 0.2) is 237 Å². The Labute approximate surface area is 376 Å². The van der Waals surface area contributed by atoms with Gasteiger partial charge in [0.2, 0.25) is 0 Å². The first-order valence-electron chi connectivity index (χ1n) is 22.6. The summed E-state index contributed by atoms with van der Waals surface area (Å²) in [6, 6.07) is 87.9. The van der Waals surface area contributed by atoms with Crippen molar-refractivity contribution in [1.82, 2.24) is 9.13 Å². The summed E-state index contributed by atoms with van der Waals surface area (Å²) in [4.78, 5) is 0. The van der Waals surface area contributed by atoms with Gasteiger partial charge in [0.1, 0.15) is 0 Å². The zero-order valence-corrected chi connectivity index (χ0v) is 35.5. The molecule has 11 aromatic carbocycles. The van der Waals surface area contributed by atoms with Gasteiger partial charge in [0, 0.05) is 38.8 Å². The van der Waals surface area contributed by atoms with Crippen molar-refractivity contribution in [2.24, 2.45) is 0 Å². The molecule has 1 atom stereocenters. The molecule has 0 amide bonds. The maximum Gasteiger partial charge on any atom is 0.0544 e. The van der Waals surface area contributed by atoms with E-state index in [1.54, 1.807) is 0 Å². The molecule has 2 heteroatoms. The zero-order valence-electron chi connectivity index (χ0n) is 35.5. The van der Waals surface area contributed by atoms with Crippen LogP contribution >= 0.6 is 0 Å². The minimum absolute atomic E-state index is 0.128. The van der Waals surface area contributed by atoms with Gasteiger partial charge >= 0.3 is 0 Å². The van der Waals surface area contributed by atoms with E-state index in [4.69, 9.17) is 0 Å². The quantitative estimate of drug-likeness (QED) is 0.164. The molecule has 0 radical (unpaired) electrons. The summed E-state index contributed by atoms with van der Waals surface area (Å²) in [5, 5.41) is 10.0. The average Bonchev–Trinajstić information content (AvgIpc) is 4.00. The normalized spacial score (nSPS) is 13.4. The van der Waals surface area contributed by atoms with Crippen LogP contribution in [0.5, 0.6) is 0 Å². The summed E-state index contributed by atoms with van der Waals surface area (Å²) < 4.78 is 4.92. The standard InChI is InChI=1S/C63H40N2/c1-2-13-40(14-3-1)45-19-12-20-49(34-45)64-59-24-11-10-22-52(59)55-36-46(28-31-60(55)64)47-29-32-61-56(37-47)57-38-54-51-21-8-9-23-53(51)63(48-26-25-41-15-4-6-17-43(41)33-48)58(54)39-62(57)65(61)50-30-27-42-16-5-7-18-44(42)35-50/h1-39,63H. The summed E-state index contributed by atoms with van der Waals surface area (Å²) in [7, 11) is 0. The molecule has 302 valence electrons. The van der Waals surface area contributed by atoms with E-state index in [-0.39, 0.29) is 5.92 Å². The zero-order chi connectivity index (χ0) is 42.6. The van der Waals surface area contributed by atoms with Crippen LogP contribution in [0.1, 0.15) is 22.6 Å². The minimum Gasteiger partial charge on any atom is -0.309 e. The van der Waals surface area contributed by atoms with Crippen LogP contribution < -0.4 is 0 Å². The highest BCUT2D eigenvalue weighted by molar-refractivity contribution is 6.14. The first-order valence-corrected chi connectivity index (χ1v) is 22.6. The fourth-order valence-corrected chi connectivity index (χ4v) is 11.1. The van der Waals surface area contributed by atoms with Gasteiger partial charge in [0.05, 0.1) is 22.1 Å². The largest absolute Gasteiger partial charge is 0.309 e. The van der Waals surface area contributed by atoms with Crippen molar-refractivity contribution < 1.29 is 0 Å². The lowest BCUT2D eigenvalue weighted by Crippen LogP contribution is -2.00. The molecule has 1 unspecified atom stereocenters. The summed E-state index contributed by atoms with van der Waals surface area (Å²) in [5.74, 6) is 0.128. The highest BCUT2D eigenvalue weighted by Gasteiger charge is 2.32. The molecule has 13 aromatic rings. The number of benzene rings is 11. The van der Waals surface area contributed by atoms with Gasteiger partial charge in [0.25, 0.3) is 0 Å². The molecule has 0 fully saturated rings. The van der Waals surface area contributed by atoms with E-state index in [0.29, 0.717) is 0 Å². The van der Waals surface area contributed by atoms with E-state index in [1.165, 1.54) is 121 Å². The molecular weight excluding hydrogens is 785 g/mol. The fourth-order valence-electron chi connectivity index (χ4n) is 11.1. The average molecular weight is 825 g/mol. The third-order valence-corrected chi connectivity index (χ3v) is 14.1. The van der Waals surface area contributed by atoms with Gasteiger partial charge < -0.3 is 9.13 Å². The minimum atomic E-state index is 0.128. The molecule has 0 aliphatic heterocycles. The first kappa shape index (κ1) is 36.1. The summed E-state index contributed by atoms with van der Waals surface area (Å²) >= 11 is 0. The number of fused-ring (bicyclic) bond motifs is 11. The van der Waals surface area contributed by atoms with Gasteiger partial charge in [0.15, 0.2) is 0 Å². The lowest BCUT2D eigenvalue weighted by atomic mass is 9.88. The van der Waals surface area contributed by atoms with Gasteiger partial charge in [-0.3, -0.25) is 0 Å². The Balaban J connectivity index is 0.978. The van der Waals surface area contributed by atoms with Crippen LogP contribution in [-0.4, -0.2) is 9.13 Å². The monoisotopic (exact) mass is 824 g/mol. The molecular formula is C63H40N2. The van der Waals surface area contributed by atoms with Gasteiger partial charge in [-0.1, -0.05) is 170 Å². The van der Waals surface area contributed by atoms with Crippen molar-refractivity contribution in [3.8, 4) is 44.8 Å². The third-order valence-electron chi connectivity index (χ3n) is 14.1. The van der Waals surface area contributed by atoms with E-state index >= 15 is 0 Å². The second-order valence-electron chi connectivity index (χ2n) is 17.7. The van der Waals surface area contributed by atoms with E-state index in [2.05, 4.69) is 246 Å². The SMILES string of the molecule is c1ccc(-c2cccc(-n3c4ccccc4c4cc(-c5ccc6c(c5)c5cc7c(cc5n6-c5ccc6ccccc6c5)C(c5ccc6ccccc6c5)c5ccccc5-7)ccc43)c2)cc1. The first-order chi connectivity index (χ1) is 32.2. The Bertz CT molecular complexity index is 4070. The molecule has 2 aromatic heterocycles. The van der Waals surface area contributed by atoms with Crippen molar-refractivity contribution in [2.45, 2.75) is 5.92 Å². The topological polar surface area (TPSA) is 9.86 Å². The Morgan fingerprint density at radius 2 is 0.831 bits per heavy atom. The number of nitrogens with zero attached hydrogens (tertiary/aromatic N) is 2. The number of hydrogen-bond donors (Lipinski definition) is 0. The fraction of sp³-hybridized carbons (Fsp3) is 0.0159. The van der Waals surface area contributed by atoms with Gasteiger partial charge in [-0.25, -0.2) is 0 Å². The second kappa shape index (κ2) is 14.0. The van der Waals surface area contributed by atoms with E-state index < -0.39 is 0 Å². The summed E-state index contributed by atoms with van der Waals surface area (Å²) in [5.41, 5.74) is 18.7. The van der Waals surface area contributed by atoms with Crippen LogP contribution in [0, 0.1) is 0 Å². The van der Waals surface area contributed by atoms with Gasteiger partial charge in [-0.15, -0.1) is 0 Å². The molecule has 0 N–H and O–H groups in total. The molecule has 14 rings (SSSR count). The van der Waals surface area contributed by atoms with Crippen molar-refractivity contribution in [3.05, 3.63) is 253 Å². The predicted molar refractivity (Wildman–Crippen MR) is 274 cm³/mol. The van der Waals surface area contributed by atoms with Crippen molar-refractivity contribution >= 4 is 65.2 Å². The van der Waals surface area contributed by atoms with Crippen molar-refractivity contribution in [3.63, 3.8) is 0 Å². The van der Waals surface area contributed by atoms with Crippen LogP contribution in [0.2, 0.25) is 0 Å². The van der Waals surface area contributed by atoms with Crippen molar-refractivity contribution in [2.75, 3.05) is 0 Å². The molecule has 1 aliphatic carbocycles. The smallest absolute Gasteiger partial charge is 0.0544 e. The molecule has 1 aliphatic rings. The van der Waals surface area contributed by atoms with Crippen LogP contribution in [0.3, 0.4) is 0 Å². The number of rotatable bonds is 5. The second-order valence-corrected chi connectivity index (χ2v) is 17.7. The van der Waals surface area contributed by atoms with E-state index in [1.807, 2.05) is 0 Å². The molecule has 0 saturated carbocycles. The third kappa shape index (κ3) is 5.54. The van der Waals surface area contributed by atoms with E-state index in [9.17, 15) is 0 Å². The van der Waals surface area contributed by atoms with Crippen LogP contribution in [-0.2, 0) is 0 Å². The van der Waals surface area contributed by atoms with Gasteiger partial charge in [-0.2, -0.15) is 0 Å². The lowest BCUT2D eigenvalue weighted by Gasteiger charge is -2.16. The number of aromatic nitrogens is 2. The number of hydrogen-bond acceptors (Lipinski definition) is 0. The van der Waals surface area contributed by atoms with Crippen LogP contribution in [0.4, 0.5) is 0 Å².